The van der Waals surface area contributed by atoms with Crippen LogP contribution >= 0.6 is 0 Å². The number of rotatable bonds is 2. The molecule has 5 nitrogen and oxygen atoms in total. The topological polar surface area (TPSA) is 75.2 Å². The van der Waals surface area contributed by atoms with Gasteiger partial charge in [0.15, 0.2) is 0 Å². The minimum atomic E-state index is 0.0506. The van der Waals surface area contributed by atoms with Gasteiger partial charge in [0.2, 0.25) is 0 Å². The van der Waals surface area contributed by atoms with E-state index in [4.69, 9.17) is 20.9 Å². The summed E-state index contributed by atoms with van der Waals surface area (Å²) < 4.78 is 5.68. The molecule has 0 aliphatic carbocycles. The predicted octanol–water partition coefficient (Wildman–Crippen LogP) is 2.13. The van der Waals surface area contributed by atoms with Crippen molar-refractivity contribution in [2.45, 2.75) is 26.0 Å². The van der Waals surface area contributed by atoms with Crippen molar-refractivity contribution in [3.05, 3.63) is 35.9 Å². The second-order valence-corrected chi connectivity index (χ2v) is 5.61. The van der Waals surface area contributed by atoms with E-state index in [1.807, 2.05) is 37.3 Å². The lowest BCUT2D eigenvalue weighted by atomic mass is 10.1. The zero-order valence-electron chi connectivity index (χ0n) is 12.3. The lowest BCUT2D eigenvalue weighted by Crippen LogP contribution is -2.48. The first-order valence-electron chi connectivity index (χ1n) is 7.18. The smallest absolute Gasteiger partial charge is 0.140 e. The van der Waals surface area contributed by atoms with E-state index in [0.29, 0.717) is 12.2 Å². The zero-order chi connectivity index (χ0) is 15.0. The van der Waals surface area contributed by atoms with Crippen LogP contribution in [0, 0.1) is 5.41 Å². The number of morpholine rings is 1. The van der Waals surface area contributed by atoms with Crippen LogP contribution in [0.15, 0.2) is 30.3 Å². The number of para-hydroxylation sites is 1. The number of hydrogen-bond donors (Lipinski definition) is 2. The van der Waals surface area contributed by atoms with Gasteiger partial charge in [0.05, 0.1) is 29.8 Å². The van der Waals surface area contributed by atoms with Gasteiger partial charge >= 0.3 is 0 Å². The van der Waals surface area contributed by atoms with Crippen molar-refractivity contribution < 1.29 is 4.74 Å². The van der Waals surface area contributed by atoms with E-state index >= 15 is 0 Å². The molecule has 0 bridgehead atoms. The van der Waals surface area contributed by atoms with Crippen molar-refractivity contribution in [3.63, 3.8) is 0 Å². The van der Waals surface area contributed by atoms with Crippen molar-refractivity contribution in [2.24, 2.45) is 5.73 Å². The number of nitrogens with two attached hydrogens (primary N) is 1. The molecule has 1 aliphatic heterocycles. The number of nitrogen functional groups attached to an aromatic ring is 1. The first-order chi connectivity index (χ1) is 10.1. The number of pyridine rings is 1. The summed E-state index contributed by atoms with van der Waals surface area (Å²) in [4.78, 5) is 6.95. The summed E-state index contributed by atoms with van der Waals surface area (Å²) in [5, 5.41) is 8.87. The highest BCUT2D eigenvalue weighted by Crippen LogP contribution is 2.27. The number of hydrogen-bond acceptors (Lipinski definition) is 4. The third kappa shape index (κ3) is 2.56. The standard InChI is InChI=1S/C16H20N4O/c1-10-9-21-11(2)8-20(10)16-13(15(17)18)7-12-5-3-4-6-14(12)19-16/h3-7,10-11H,8-9H2,1-2H3,(H3,17,18). The van der Waals surface area contributed by atoms with Gasteiger partial charge < -0.3 is 15.4 Å². The monoisotopic (exact) mass is 284 g/mol. The maximum Gasteiger partial charge on any atom is 0.140 e. The van der Waals surface area contributed by atoms with Crippen molar-refractivity contribution in [1.82, 2.24) is 4.98 Å². The molecule has 1 aromatic heterocycles. The molecule has 110 valence electrons. The SMILES string of the molecule is CC1CN(c2nc3ccccc3cc2C(=N)N)C(C)CO1. The van der Waals surface area contributed by atoms with Gasteiger partial charge in [-0.05, 0) is 26.0 Å². The van der Waals surface area contributed by atoms with E-state index < -0.39 is 0 Å². The van der Waals surface area contributed by atoms with E-state index in [-0.39, 0.29) is 18.0 Å². The van der Waals surface area contributed by atoms with Crippen LogP contribution in [0.2, 0.25) is 0 Å². The number of nitrogens with one attached hydrogen (secondary N) is 1. The quantitative estimate of drug-likeness (QED) is 0.654. The van der Waals surface area contributed by atoms with Gasteiger partial charge in [0, 0.05) is 11.9 Å². The normalized spacial score (nSPS) is 22.5. The Kier molecular flexibility index (Phi) is 3.51. The largest absolute Gasteiger partial charge is 0.384 e. The van der Waals surface area contributed by atoms with Crippen molar-refractivity contribution in [3.8, 4) is 0 Å². The lowest BCUT2D eigenvalue weighted by molar-refractivity contribution is 0.0340. The number of fused-ring (bicyclic) bond motifs is 1. The maximum absolute atomic E-state index is 7.87. The Balaban J connectivity index is 2.15. The summed E-state index contributed by atoms with van der Waals surface area (Å²) in [5.74, 6) is 0.832. The summed E-state index contributed by atoms with van der Waals surface area (Å²) in [7, 11) is 0. The molecule has 3 rings (SSSR count). The van der Waals surface area contributed by atoms with E-state index in [2.05, 4.69) is 11.8 Å². The van der Waals surface area contributed by atoms with Crippen LogP contribution in [0.5, 0.6) is 0 Å². The molecule has 21 heavy (non-hydrogen) atoms. The highest BCUT2D eigenvalue weighted by molar-refractivity contribution is 6.03. The Hall–Kier alpha value is -2.14. The van der Waals surface area contributed by atoms with Gasteiger partial charge in [-0.2, -0.15) is 0 Å². The molecule has 1 saturated heterocycles. The van der Waals surface area contributed by atoms with Crippen LogP contribution in [0.4, 0.5) is 5.82 Å². The lowest BCUT2D eigenvalue weighted by Gasteiger charge is -2.38. The first-order valence-corrected chi connectivity index (χ1v) is 7.18. The second-order valence-electron chi connectivity index (χ2n) is 5.61. The average molecular weight is 284 g/mol. The van der Waals surface area contributed by atoms with E-state index in [1.54, 1.807) is 0 Å². The number of amidine groups is 1. The third-order valence-electron chi connectivity index (χ3n) is 3.87. The van der Waals surface area contributed by atoms with Gasteiger partial charge in [0.1, 0.15) is 11.7 Å². The average Bonchev–Trinajstić information content (AvgIpc) is 2.48. The van der Waals surface area contributed by atoms with Gasteiger partial charge in [0.25, 0.3) is 0 Å². The number of ether oxygens (including phenoxy) is 1. The van der Waals surface area contributed by atoms with Gasteiger partial charge in [-0.1, -0.05) is 18.2 Å². The number of nitrogens with zero attached hydrogens (tertiary/aromatic N) is 2. The molecule has 2 heterocycles. The summed E-state index contributed by atoms with van der Waals surface area (Å²) in [5.41, 5.74) is 7.39. The third-order valence-corrected chi connectivity index (χ3v) is 3.87. The predicted molar refractivity (Wildman–Crippen MR) is 85.0 cm³/mol. The Morgan fingerprint density at radius 2 is 2.14 bits per heavy atom. The Morgan fingerprint density at radius 1 is 1.38 bits per heavy atom. The molecular weight excluding hydrogens is 264 g/mol. The molecule has 2 atom stereocenters. The van der Waals surface area contributed by atoms with Gasteiger partial charge in [-0.3, -0.25) is 5.41 Å². The molecule has 0 radical (unpaired) electrons. The maximum atomic E-state index is 7.87. The fraction of sp³-hybridized carbons (Fsp3) is 0.375. The van der Waals surface area contributed by atoms with Crippen LogP contribution in [0.1, 0.15) is 19.4 Å². The fourth-order valence-corrected chi connectivity index (χ4v) is 2.72. The molecule has 3 N–H and O–H groups in total. The molecule has 1 aromatic carbocycles. The minimum Gasteiger partial charge on any atom is -0.384 e. The number of aromatic nitrogens is 1. The summed E-state index contributed by atoms with van der Waals surface area (Å²) >= 11 is 0. The molecule has 2 aromatic rings. The van der Waals surface area contributed by atoms with Crippen LogP contribution in [-0.4, -0.2) is 36.1 Å². The minimum absolute atomic E-state index is 0.0506. The Morgan fingerprint density at radius 3 is 2.90 bits per heavy atom. The van der Waals surface area contributed by atoms with Crippen molar-refractivity contribution in [2.75, 3.05) is 18.1 Å². The molecule has 5 heteroatoms. The highest BCUT2D eigenvalue weighted by Gasteiger charge is 2.27. The van der Waals surface area contributed by atoms with Crippen molar-refractivity contribution in [1.29, 1.82) is 5.41 Å². The summed E-state index contributed by atoms with van der Waals surface area (Å²) in [6, 6.07) is 10.1. The van der Waals surface area contributed by atoms with E-state index in [0.717, 1.165) is 23.3 Å². The molecule has 0 saturated carbocycles. The highest BCUT2D eigenvalue weighted by atomic mass is 16.5. The van der Waals surface area contributed by atoms with Crippen LogP contribution in [-0.2, 0) is 4.74 Å². The van der Waals surface area contributed by atoms with Crippen molar-refractivity contribution >= 4 is 22.6 Å². The first kappa shape index (κ1) is 13.8. The summed E-state index contributed by atoms with van der Waals surface area (Å²) in [6.45, 7) is 5.57. The number of anilines is 1. The number of benzene rings is 1. The molecular formula is C16H20N4O. The molecule has 1 aliphatic rings. The van der Waals surface area contributed by atoms with Crippen LogP contribution < -0.4 is 10.6 Å². The van der Waals surface area contributed by atoms with Crippen LogP contribution in [0.25, 0.3) is 10.9 Å². The van der Waals surface area contributed by atoms with Crippen LogP contribution in [0.3, 0.4) is 0 Å². The molecule has 0 spiro atoms. The van der Waals surface area contributed by atoms with Gasteiger partial charge in [-0.25, -0.2) is 4.98 Å². The van der Waals surface area contributed by atoms with E-state index in [1.165, 1.54) is 0 Å². The Bertz CT molecular complexity index is 685. The molecule has 1 fully saturated rings. The molecule has 0 amide bonds. The zero-order valence-corrected chi connectivity index (χ0v) is 12.3. The Labute approximate surface area is 124 Å². The summed E-state index contributed by atoms with van der Waals surface area (Å²) in [6.07, 6.45) is 0.147. The van der Waals surface area contributed by atoms with Gasteiger partial charge in [-0.15, -0.1) is 0 Å². The fourth-order valence-electron chi connectivity index (χ4n) is 2.72. The second kappa shape index (κ2) is 5.33. The molecule has 2 unspecified atom stereocenters. The van der Waals surface area contributed by atoms with E-state index in [9.17, 15) is 0 Å².